The van der Waals surface area contributed by atoms with Crippen LogP contribution in [0.5, 0.6) is 11.9 Å². The third kappa shape index (κ3) is 3.30. The average molecular weight is 416 g/mol. The Bertz CT molecular complexity index is 914. The second-order valence-corrected chi connectivity index (χ2v) is 8.41. The second kappa shape index (κ2) is 7.86. The number of aliphatic hydroxyl groups is 1. The fourth-order valence-corrected chi connectivity index (χ4v) is 4.75. The molecule has 1 saturated carbocycles. The van der Waals surface area contributed by atoms with E-state index in [9.17, 15) is 9.90 Å². The first-order chi connectivity index (χ1) is 14.4. The van der Waals surface area contributed by atoms with Gasteiger partial charge < -0.3 is 24.0 Å². The van der Waals surface area contributed by atoms with Crippen molar-refractivity contribution >= 4 is 5.91 Å². The third-order valence-electron chi connectivity index (χ3n) is 6.39. The number of methoxy groups -OCH3 is 2. The number of piperidine rings is 1. The molecule has 0 unspecified atom stereocenters. The van der Waals surface area contributed by atoms with Gasteiger partial charge in [-0.2, -0.15) is 4.98 Å². The summed E-state index contributed by atoms with van der Waals surface area (Å²) in [6.45, 7) is 4.83. The van der Waals surface area contributed by atoms with Gasteiger partial charge in [-0.15, -0.1) is 0 Å². The molecule has 1 saturated heterocycles. The highest BCUT2D eigenvalue weighted by molar-refractivity contribution is 5.91. The molecule has 0 spiro atoms. The lowest BCUT2D eigenvalue weighted by atomic mass is 9.63. The number of aromatic nitrogens is 3. The molecule has 1 N–H and O–H groups in total. The molecule has 9 nitrogen and oxygen atoms in total. The van der Waals surface area contributed by atoms with E-state index in [1.54, 1.807) is 17.2 Å². The number of nitrogens with zero attached hydrogens (tertiary/aromatic N) is 4. The van der Waals surface area contributed by atoms with Crippen molar-refractivity contribution in [3.05, 3.63) is 29.3 Å². The number of amides is 1. The van der Waals surface area contributed by atoms with E-state index in [0.717, 1.165) is 25.0 Å². The summed E-state index contributed by atoms with van der Waals surface area (Å²) in [4.78, 5) is 23.3. The van der Waals surface area contributed by atoms with Crippen LogP contribution in [0.4, 0.5) is 0 Å². The number of likely N-dealkylation sites (tertiary alicyclic amines) is 1. The van der Waals surface area contributed by atoms with Crippen LogP contribution in [0.15, 0.2) is 16.8 Å². The first kappa shape index (κ1) is 20.6. The quantitative estimate of drug-likeness (QED) is 0.791. The van der Waals surface area contributed by atoms with Gasteiger partial charge in [-0.3, -0.25) is 4.79 Å². The number of hydrogen-bond donors (Lipinski definition) is 1. The predicted octanol–water partition coefficient (Wildman–Crippen LogP) is 2.37. The Labute approximate surface area is 175 Å². The van der Waals surface area contributed by atoms with Crippen molar-refractivity contribution in [2.75, 3.05) is 27.3 Å². The maximum absolute atomic E-state index is 13.1. The zero-order chi connectivity index (χ0) is 21.5. The zero-order valence-electron chi connectivity index (χ0n) is 17.8. The molecule has 1 aliphatic heterocycles. The van der Waals surface area contributed by atoms with Gasteiger partial charge in [0.25, 0.3) is 5.91 Å². The van der Waals surface area contributed by atoms with Gasteiger partial charge in [-0.1, -0.05) is 25.4 Å². The molecule has 9 heteroatoms. The molecule has 2 aromatic rings. The predicted molar refractivity (Wildman–Crippen MR) is 106 cm³/mol. The van der Waals surface area contributed by atoms with E-state index >= 15 is 0 Å². The Balaban J connectivity index is 1.63. The molecular formula is C21H28N4O5. The lowest BCUT2D eigenvalue weighted by Crippen LogP contribution is -2.59. The summed E-state index contributed by atoms with van der Waals surface area (Å²) < 4.78 is 15.8. The second-order valence-electron chi connectivity index (χ2n) is 8.41. The standard InChI is InChI=1S/C21H28N4O5/c1-12(2)16-8-17(30-24-16)19(26)25-10-13-6-5-7-14(11-25)21(13,27)15-9-22-20(29-4)23-18(15)28-3/h8-9,12-14,27H,5-7,10-11H2,1-4H3/t13-,14-/m1/s1. The maximum Gasteiger partial charge on any atom is 0.319 e. The molecule has 2 aliphatic rings. The van der Waals surface area contributed by atoms with Crippen LogP contribution in [-0.2, 0) is 5.60 Å². The van der Waals surface area contributed by atoms with Crippen LogP contribution in [-0.4, -0.2) is 58.3 Å². The molecule has 1 aliphatic carbocycles. The molecule has 0 radical (unpaired) electrons. The summed E-state index contributed by atoms with van der Waals surface area (Å²) >= 11 is 0. The van der Waals surface area contributed by atoms with Crippen molar-refractivity contribution < 1.29 is 23.9 Å². The van der Waals surface area contributed by atoms with Crippen molar-refractivity contribution in [1.82, 2.24) is 20.0 Å². The van der Waals surface area contributed by atoms with E-state index < -0.39 is 5.60 Å². The number of rotatable bonds is 5. The molecule has 30 heavy (non-hydrogen) atoms. The van der Waals surface area contributed by atoms with Crippen molar-refractivity contribution in [3.8, 4) is 11.9 Å². The minimum Gasteiger partial charge on any atom is -0.481 e. The van der Waals surface area contributed by atoms with E-state index in [4.69, 9.17) is 14.0 Å². The molecule has 2 bridgehead atoms. The largest absolute Gasteiger partial charge is 0.481 e. The Hall–Kier alpha value is -2.68. The van der Waals surface area contributed by atoms with Crippen LogP contribution in [0, 0.1) is 11.8 Å². The summed E-state index contributed by atoms with van der Waals surface area (Å²) in [5.74, 6) is 0.222. The van der Waals surface area contributed by atoms with Crippen molar-refractivity contribution in [1.29, 1.82) is 0 Å². The lowest BCUT2D eigenvalue weighted by molar-refractivity contribution is -0.141. The number of carbonyl (C=O) groups is 1. The molecule has 4 rings (SSSR count). The lowest BCUT2D eigenvalue weighted by Gasteiger charge is -2.52. The highest BCUT2D eigenvalue weighted by Gasteiger charge is 2.54. The third-order valence-corrected chi connectivity index (χ3v) is 6.39. The van der Waals surface area contributed by atoms with Crippen LogP contribution >= 0.6 is 0 Å². The SMILES string of the molecule is COc1ncc(C2(O)[C@@H]3CCC[C@@H]2CN(C(=O)c2cc(C(C)C)no2)C3)c(OC)n1. The number of hydrogen-bond acceptors (Lipinski definition) is 8. The zero-order valence-corrected chi connectivity index (χ0v) is 17.8. The molecule has 0 aromatic carbocycles. The van der Waals surface area contributed by atoms with Crippen molar-refractivity contribution in [2.45, 2.75) is 44.6 Å². The van der Waals surface area contributed by atoms with Gasteiger partial charge in [-0.05, 0) is 18.8 Å². The van der Waals surface area contributed by atoms with Crippen LogP contribution < -0.4 is 9.47 Å². The van der Waals surface area contributed by atoms with Gasteiger partial charge in [0.2, 0.25) is 11.6 Å². The van der Waals surface area contributed by atoms with Crippen LogP contribution in [0.25, 0.3) is 0 Å². The topological polar surface area (TPSA) is 111 Å². The highest BCUT2D eigenvalue weighted by atomic mass is 16.5. The Morgan fingerprint density at radius 3 is 2.53 bits per heavy atom. The van der Waals surface area contributed by atoms with Gasteiger partial charge in [0, 0.05) is 37.2 Å². The van der Waals surface area contributed by atoms with Gasteiger partial charge in [-0.25, -0.2) is 4.98 Å². The van der Waals surface area contributed by atoms with Gasteiger partial charge >= 0.3 is 6.01 Å². The van der Waals surface area contributed by atoms with Crippen LogP contribution in [0.1, 0.15) is 60.8 Å². The molecule has 2 aromatic heterocycles. The van der Waals surface area contributed by atoms with E-state index in [2.05, 4.69) is 15.1 Å². The van der Waals surface area contributed by atoms with E-state index in [1.807, 2.05) is 13.8 Å². The first-order valence-electron chi connectivity index (χ1n) is 10.3. The summed E-state index contributed by atoms with van der Waals surface area (Å²) in [6.07, 6.45) is 4.16. The van der Waals surface area contributed by atoms with Gasteiger partial charge in [0.05, 0.1) is 25.5 Å². The molecule has 1 amide bonds. The first-order valence-corrected chi connectivity index (χ1v) is 10.3. The fraction of sp³-hybridized carbons (Fsp3) is 0.619. The Morgan fingerprint density at radius 2 is 1.97 bits per heavy atom. The van der Waals surface area contributed by atoms with E-state index in [1.165, 1.54) is 14.2 Å². The summed E-state index contributed by atoms with van der Waals surface area (Å²) in [5, 5.41) is 15.9. The minimum atomic E-state index is -1.17. The van der Waals surface area contributed by atoms with Crippen molar-refractivity contribution in [3.63, 3.8) is 0 Å². The maximum atomic E-state index is 13.1. The monoisotopic (exact) mass is 416 g/mol. The Kier molecular flexibility index (Phi) is 5.40. The number of fused-ring (bicyclic) bond motifs is 2. The smallest absolute Gasteiger partial charge is 0.319 e. The molecule has 162 valence electrons. The summed E-state index contributed by atoms with van der Waals surface area (Å²) in [6, 6.07) is 1.90. The van der Waals surface area contributed by atoms with Crippen LogP contribution in [0.3, 0.4) is 0 Å². The van der Waals surface area contributed by atoms with Crippen LogP contribution in [0.2, 0.25) is 0 Å². The minimum absolute atomic E-state index is 0.160. The molecule has 2 fully saturated rings. The highest BCUT2D eigenvalue weighted by Crippen LogP contribution is 2.51. The Morgan fingerprint density at radius 1 is 1.27 bits per heavy atom. The molecule has 3 heterocycles. The van der Waals surface area contributed by atoms with E-state index in [-0.39, 0.29) is 35.4 Å². The average Bonchev–Trinajstić information content (AvgIpc) is 3.23. The summed E-state index contributed by atoms with van der Waals surface area (Å²) in [5.41, 5.74) is 0.137. The van der Waals surface area contributed by atoms with Crippen molar-refractivity contribution in [2.24, 2.45) is 11.8 Å². The molecule has 2 atom stereocenters. The van der Waals surface area contributed by atoms with E-state index in [0.29, 0.717) is 24.5 Å². The number of carbonyl (C=O) groups excluding carboxylic acids is 1. The fourth-order valence-electron chi connectivity index (χ4n) is 4.75. The molecular weight excluding hydrogens is 388 g/mol. The van der Waals surface area contributed by atoms with Gasteiger partial charge in [0.15, 0.2) is 0 Å². The normalized spacial score (nSPS) is 26.0. The van der Waals surface area contributed by atoms with Gasteiger partial charge in [0.1, 0.15) is 5.60 Å². The number of ether oxygens (including phenoxy) is 2. The summed E-state index contributed by atoms with van der Waals surface area (Å²) in [7, 11) is 3.00.